The highest BCUT2D eigenvalue weighted by Crippen LogP contribution is 2.21. The molecule has 2 heterocycles. The van der Waals surface area contributed by atoms with Crippen LogP contribution in [0.1, 0.15) is 48.1 Å². The highest BCUT2D eigenvalue weighted by atomic mass is 16.5. The third kappa shape index (κ3) is 12.8. The normalized spacial score (nSPS) is 21.4. The van der Waals surface area contributed by atoms with Crippen molar-refractivity contribution < 1.29 is 33.5 Å². The Bertz CT molecular complexity index is 2590. The fourth-order valence-electron chi connectivity index (χ4n) is 8.16. The van der Waals surface area contributed by atoms with E-state index in [-0.39, 0.29) is 44.4 Å². The van der Waals surface area contributed by atoms with Crippen molar-refractivity contribution in [2.24, 2.45) is 5.92 Å². The second kappa shape index (κ2) is 22.4. The number of hydrogen-bond donors (Lipinski definition) is 6. The second-order valence-corrected chi connectivity index (χ2v) is 17.2. The van der Waals surface area contributed by atoms with Gasteiger partial charge in [-0.3, -0.25) is 24.0 Å². The van der Waals surface area contributed by atoms with Crippen molar-refractivity contribution in [3.8, 4) is 0 Å². The van der Waals surface area contributed by atoms with Gasteiger partial charge in [-0.05, 0) is 46.2 Å². The van der Waals surface area contributed by atoms with Crippen molar-refractivity contribution >= 4 is 46.4 Å². The molecule has 6 aromatic rings. The molecule has 5 amide bonds. The molecule has 66 heavy (non-hydrogen) atoms. The minimum absolute atomic E-state index is 0.00845. The lowest BCUT2D eigenvalue weighted by molar-refractivity contribution is -0.160. The van der Waals surface area contributed by atoms with Gasteiger partial charge in [-0.1, -0.05) is 153 Å². The number of nitrogens with one attached hydrogen (secondary N) is 6. The van der Waals surface area contributed by atoms with E-state index in [1.807, 2.05) is 159 Å². The number of carbonyl (C=O) groups is 6. The number of benzene rings is 5. The Labute approximate surface area is 384 Å². The van der Waals surface area contributed by atoms with Gasteiger partial charge in [0, 0.05) is 49.2 Å². The van der Waals surface area contributed by atoms with Crippen molar-refractivity contribution in [3.05, 3.63) is 180 Å². The quantitative estimate of drug-likeness (QED) is 0.0926. The maximum Gasteiger partial charge on any atom is 0.329 e. The van der Waals surface area contributed by atoms with E-state index in [0.29, 0.717) is 5.56 Å². The van der Waals surface area contributed by atoms with Crippen LogP contribution in [0.4, 0.5) is 0 Å². The third-order valence-corrected chi connectivity index (χ3v) is 11.6. The number of aromatic amines is 1. The predicted octanol–water partition coefficient (Wildman–Crippen LogP) is 5.08. The number of carbonyl (C=O) groups excluding carboxylic acids is 6. The molecule has 0 radical (unpaired) electrons. The van der Waals surface area contributed by atoms with Crippen LogP contribution in [0, 0.1) is 5.92 Å². The largest absolute Gasteiger partial charge is 0.451 e. The van der Waals surface area contributed by atoms with Gasteiger partial charge in [0.05, 0.1) is 0 Å². The monoisotopic (exact) mass is 888 g/mol. The zero-order chi connectivity index (χ0) is 46.4. The molecule has 1 aliphatic heterocycles. The van der Waals surface area contributed by atoms with Crippen LogP contribution >= 0.6 is 0 Å². The molecule has 1 aliphatic rings. The Balaban J connectivity index is 1.31. The van der Waals surface area contributed by atoms with Gasteiger partial charge in [0.15, 0.2) is 6.10 Å². The summed E-state index contributed by atoms with van der Waals surface area (Å²) in [5, 5.41) is 15.3. The van der Waals surface area contributed by atoms with Crippen LogP contribution in [0.25, 0.3) is 10.9 Å². The number of H-pyrrole nitrogens is 1. The van der Waals surface area contributed by atoms with Gasteiger partial charge in [-0.25, -0.2) is 4.79 Å². The first kappa shape index (κ1) is 46.5. The maximum atomic E-state index is 14.7. The van der Waals surface area contributed by atoms with Crippen LogP contribution < -0.4 is 26.6 Å². The molecule has 1 fully saturated rings. The van der Waals surface area contributed by atoms with E-state index in [4.69, 9.17) is 4.74 Å². The molecule has 6 atom stereocenters. The summed E-state index contributed by atoms with van der Waals surface area (Å²) in [6.45, 7) is 3.75. The molecule has 0 saturated carbocycles. The van der Waals surface area contributed by atoms with E-state index < -0.39 is 71.8 Å². The van der Waals surface area contributed by atoms with Gasteiger partial charge >= 0.3 is 5.97 Å². The molecule has 340 valence electrons. The fraction of sp³-hybridized carbons (Fsp3) is 0.283. The average molecular weight is 889 g/mol. The van der Waals surface area contributed by atoms with Crippen LogP contribution in [0.5, 0.6) is 0 Å². The third-order valence-electron chi connectivity index (χ3n) is 11.6. The first-order valence-corrected chi connectivity index (χ1v) is 22.4. The summed E-state index contributed by atoms with van der Waals surface area (Å²) < 4.78 is 6.06. The average Bonchev–Trinajstić information content (AvgIpc) is 3.73. The van der Waals surface area contributed by atoms with E-state index in [9.17, 15) is 28.8 Å². The lowest BCUT2D eigenvalue weighted by Crippen LogP contribution is -2.61. The van der Waals surface area contributed by atoms with Crippen molar-refractivity contribution in [1.82, 2.24) is 31.6 Å². The number of cyclic esters (lactones) is 1. The van der Waals surface area contributed by atoms with Crippen LogP contribution in [-0.2, 0) is 65.6 Å². The van der Waals surface area contributed by atoms with Gasteiger partial charge in [0.25, 0.3) is 5.91 Å². The summed E-state index contributed by atoms with van der Waals surface area (Å²) in [5.41, 5.74) is 4.46. The standard InChI is InChI=1S/C53H56N6O7/c1-34(2)27-47-52(64)58-45(32-39-33-54-41-26-16-15-25-40(39)41)51(63)57-43(29-36-19-9-4-10-20-36)49(61)55-42(28-35-17-7-3-8-18-35)48(60)56-44(30-37-21-11-5-12-22-37)50(62)59-46(53(65)66-47)31-38-23-13-6-14-24-38/h3-26,33-34,42-47,54H,27-32H2,1-2H3,(H,55,61)(H,56,60)(H,57,63)(H,58,64)(H,59,62)/t42-,43-,44-,45-,46-,47?/m0/s1. The van der Waals surface area contributed by atoms with Crippen molar-refractivity contribution in [2.75, 3.05) is 0 Å². The van der Waals surface area contributed by atoms with E-state index in [1.54, 1.807) is 6.20 Å². The summed E-state index contributed by atoms with van der Waals surface area (Å²) in [6.07, 6.45) is 0.647. The molecule has 1 unspecified atom stereocenters. The Hall–Kier alpha value is -7.54. The Morgan fingerprint density at radius 2 is 0.773 bits per heavy atom. The molecular formula is C53H56N6O7. The van der Waals surface area contributed by atoms with Crippen LogP contribution in [-0.4, -0.2) is 76.8 Å². The molecule has 0 aliphatic carbocycles. The number of para-hydroxylation sites is 1. The van der Waals surface area contributed by atoms with E-state index >= 15 is 0 Å². The molecule has 13 heteroatoms. The highest BCUT2D eigenvalue weighted by Gasteiger charge is 2.37. The van der Waals surface area contributed by atoms with Gasteiger partial charge in [0.2, 0.25) is 23.6 Å². The molecule has 13 nitrogen and oxygen atoms in total. The first-order chi connectivity index (χ1) is 32.0. The van der Waals surface area contributed by atoms with E-state index in [2.05, 4.69) is 31.6 Å². The summed E-state index contributed by atoms with van der Waals surface area (Å²) in [4.78, 5) is 90.9. The van der Waals surface area contributed by atoms with Gasteiger partial charge < -0.3 is 36.3 Å². The zero-order valence-electron chi connectivity index (χ0n) is 37.1. The lowest BCUT2D eigenvalue weighted by atomic mass is 9.99. The fourth-order valence-corrected chi connectivity index (χ4v) is 8.16. The summed E-state index contributed by atoms with van der Waals surface area (Å²) in [7, 11) is 0. The zero-order valence-corrected chi connectivity index (χ0v) is 37.1. The Morgan fingerprint density at radius 1 is 0.424 bits per heavy atom. The smallest absolute Gasteiger partial charge is 0.329 e. The van der Waals surface area contributed by atoms with Gasteiger partial charge in [-0.2, -0.15) is 0 Å². The van der Waals surface area contributed by atoms with E-state index in [0.717, 1.165) is 33.2 Å². The Kier molecular flexibility index (Phi) is 15.8. The molecule has 1 aromatic heterocycles. The van der Waals surface area contributed by atoms with Gasteiger partial charge in [-0.15, -0.1) is 0 Å². The van der Waals surface area contributed by atoms with E-state index in [1.165, 1.54) is 0 Å². The number of fused-ring (bicyclic) bond motifs is 1. The molecule has 0 bridgehead atoms. The predicted molar refractivity (Wildman–Crippen MR) is 252 cm³/mol. The minimum atomic E-state index is -1.37. The molecule has 6 N–H and O–H groups in total. The topological polar surface area (TPSA) is 188 Å². The number of rotatable bonds is 12. The molecule has 7 rings (SSSR count). The highest BCUT2D eigenvalue weighted by molar-refractivity contribution is 5.98. The summed E-state index contributed by atoms with van der Waals surface area (Å²) in [6, 6.07) is 37.8. The van der Waals surface area contributed by atoms with Crippen LogP contribution in [0.2, 0.25) is 0 Å². The number of hydrogen-bond acceptors (Lipinski definition) is 7. The number of amides is 5. The summed E-state index contributed by atoms with van der Waals surface area (Å²) >= 11 is 0. The van der Waals surface area contributed by atoms with Crippen LogP contribution in [0.15, 0.2) is 152 Å². The number of ether oxygens (including phenoxy) is 1. The van der Waals surface area contributed by atoms with Gasteiger partial charge in [0.1, 0.15) is 30.2 Å². The molecule has 5 aromatic carbocycles. The minimum Gasteiger partial charge on any atom is -0.451 e. The van der Waals surface area contributed by atoms with Crippen LogP contribution in [0.3, 0.4) is 0 Å². The summed E-state index contributed by atoms with van der Waals surface area (Å²) in [5.74, 6) is -4.37. The van der Waals surface area contributed by atoms with Crippen molar-refractivity contribution in [3.63, 3.8) is 0 Å². The number of aromatic nitrogens is 1. The first-order valence-electron chi connectivity index (χ1n) is 22.4. The second-order valence-electron chi connectivity index (χ2n) is 17.2. The molecule has 1 saturated heterocycles. The number of esters is 1. The molecule has 0 spiro atoms. The molecular weight excluding hydrogens is 833 g/mol. The van der Waals surface area contributed by atoms with Crippen molar-refractivity contribution in [1.29, 1.82) is 0 Å². The lowest BCUT2D eigenvalue weighted by Gasteiger charge is -2.29. The Morgan fingerprint density at radius 3 is 1.20 bits per heavy atom. The maximum absolute atomic E-state index is 14.7. The SMILES string of the molecule is CC(C)CC1OC(=O)[C@H](Cc2ccccc2)NC(=O)[C@H](Cc2ccccc2)NC(=O)[C@H](Cc2ccccc2)NC(=O)[C@H](Cc2ccccc2)NC(=O)[C@H](Cc2c[nH]c3ccccc23)NC1=O. The van der Waals surface area contributed by atoms with Crippen molar-refractivity contribution in [2.45, 2.75) is 88.7 Å².